The van der Waals surface area contributed by atoms with Gasteiger partial charge in [-0.25, -0.2) is 4.79 Å². The Kier molecular flexibility index (Phi) is 14.7. The van der Waals surface area contributed by atoms with Gasteiger partial charge in [0.1, 0.15) is 18.1 Å². The van der Waals surface area contributed by atoms with Crippen LogP contribution in [-0.2, 0) is 24.0 Å². The molecule has 196 valence electrons. The summed E-state index contributed by atoms with van der Waals surface area (Å²) in [6, 6.07) is -4.28. The van der Waals surface area contributed by atoms with Gasteiger partial charge in [-0.1, -0.05) is 34.1 Å². The molecule has 0 spiro atoms. The van der Waals surface area contributed by atoms with Crippen LogP contribution < -0.4 is 27.4 Å². The van der Waals surface area contributed by atoms with Gasteiger partial charge in [0.25, 0.3) is 0 Å². The van der Waals surface area contributed by atoms with Crippen molar-refractivity contribution in [3.8, 4) is 0 Å². The molecule has 0 aliphatic rings. The van der Waals surface area contributed by atoms with Crippen LogP contribution in [0, 0.1) is 11.8 Å². The molecule has 0 fully saturated rings. The van der Waals surface area contributed by atoms with Crippen LogP contribution in [0.2, 0.25) is 0 Å². The first-order valence-electron chi connectivity index (χ1n) is 11.7. The van der Waals surface area contributed by atoms with Gasteiger partial charge in [-0.15, -0.1) is 0 Å². The molecular formula is C22H41N5O7. The number of unbranched alkanes of at least 4 members (excludes halogenated alkanes) is 1. The molecule has 0 saturated heterocycles. The summed E-state index contributed by atoms with van der Waals surface area (Å²) in [5.41, 5.74) is 11.3. The smallest absolute Gasteiger partial charge is 0.326 e. The fraction of sp³-hybridized carbons (Fsp3) is 0.773. The first-order valence-corrected chi connectivity index (χ1v) is 11.7. The molecule has 3 amide bonds. The quantitative estimate of drug-likeness (QED) is 0.132. The summed E-state index contributed by atoms with van der Waals surface area (Å²) in [5.74, 6) is -4.89. The molecule has 9 N–H and O–H groups in total. The van der Waals surface area contributed by atoms with Crippen LogP contribution in [0.5, 0.6) is 0 Å². The monoisotopic (exact) mass is 487 g/mol. The number of carboxylic acid groups (broad SMARTS) is 2. The standard InChI is InChI=1S/C22H41N5O7/c1-5-13(4)18(22(33)34)27-21(32)17(12(2)3)26-20(31)15(8-6-7-11-23)25-19(30)14(24)9-10-16(28)29/h12-15,17-18H,5-11,23-24H2,1-4H3,(H,25,30)(H,26,31)(H,27,32)(H,28,29)(H,33,34). The molecule has 0 aromatic carbocycles. The van der Waals surface area contributed by atoms with Gasteiger partial charge in [0.2, 0.25) is 17.7 Å². The number of hydrogen-bond acceptors (Lipinski definition) is 7. The third-order valence-electron chi connectivity index (χ3n) is 5.61. The lowest BCUT2D eigenvalue weighted by Crippen LogP contribution is -2.59. The first kappa shape index (κ1) is 31.3. The van der Waals surface area contributed by atoms with E-state index in [0.717, 1.165) is 0 Å². The molecule has 0 radical (unpaired) electrons. The lowest BCUT2D eigenvalue weighted by molar-refractivity contribution is -0.144. The van der Waals surface area contributed by atoms with E-state index in [1.165, 1.54) is 0 Å². The van der Waals surface area contributed by atoms with Crippen LogP contribution in [0.1, 0.15) is 66.2 Å². The number of amides is 3. The highest BCUT2D eigenvalue weighted by Crippen LogP contribution is 2.11. The molecule has 5 atom stereocenters. The number of hydrogen-bond donors (Lipinski definition) is 7. The van der Waals surface area contributed by atoms with Crippen molar-refractivity contribution in [3.63, 3.8) is 0 Å². The van der Waals surface area contributed by atoms with Crippen molar-refractivity contribution in [2.75, 3.05) is 6.54 Å². The van der Waals surface area contributed by atoms with Gasteiger partial charge in [-0.05, 0) is 44.1 Å². The normalized spacial score (nSPS) is 15.5. The summed E-state index contributed by atoms with van der Waals surface area (Å²) in [6.45, 7) is 7.31. The van der Waals surface area contributed by atoms with Gasteiger partial charge in [0, 0.05) is 6.42 Å². The van der Waals surface area contributed by atoms with Crippen molar-refractivity contribution in [2.45, 2.75) is 90.4 Å². The van der Waals surface area contributed by atoms with Gasteiger partial charge in [0.05, 0.1) is 6.04 Å². The van der Waals surface area contributed by atoms with Crippen LogP contribution in [0.15, 0.2) is 0 Å². The number of carboxylic acids is 2. The molecule has 0 saturated carbocycles. The number of aliphatic carboxylic acids is 2. The maximum absolute atomic E-state index is 13.0. The lowest BCUT2D eigenvalue weighted by atomic mass is 9.97. The molecule has 5 unspecified atom stereocenters. The molecule has 12 heteroatoms. The Morgan fingerprint density at radius 1 is 0.824 bits per heavy atom. The second kappa shape index (κ2) is 16.0. The van der Waals surface area contributed by atoms with Crippen LogP contribution in [0.25, 0.3) is 0 Å². The molecule has 0 aliphatic heterocycles. The van der Waals surface area contributed by atoms with Crippen molar-refractivity contribution in [1.82, 2.24) is 16.0 Å². The van der Waals surface area contributed by atoms with E-state index in [0.29, 0.717) is 25.8 Å². The van der Waals surface area contributed by atoms with Crippen LogP contribution in [-0.4, -0.2) is 70.6 Å². The summed E-state index contributed by atoms with van der Waals surface area (Å²) in [5, 5.41) is 25.9. The second-order valence-corrected chi connectivity index (χ2v) is 8.82. The third-order valence-corrected chi connectivity index (χ3v) is 5.61. The van der Waals surface area contributed by atoms with Gasteiger partial charge >= 0.3 is 11.9 Å². The molecule has 12 nitrogen and oxygen atoms in total. The fourth-order valence-corrected chi connectivity index (χ4v) is 3.17. The number of carbonyl (C=O) groups excluding carboxylic acids is 3. The van der Waals surface area contributed by atoms with E-state index in [9.17, 15) is 29.1 Å². The minimum atomic E-state index is -1.17. The zero-order chi connectivity index (χ0) is 26.4. The topological polar surface area (TPSA) is 214 Å². The van der Waals surface area contributed by atoms with Gasteiger partial charge in [-0.3, -0.25) is 19.2 Å². The molecular weight excluding hydrogens is 446 g/mol. The third kappa shape index (κ3) is 11.4. The average molecular weight is 488 g/mol. The van der Waals surface area contributed by atoms with Gasteiger partial charge in [-0.2, -0.15) is 0 Å². The zero-order valence-electron chi connectivity index (χ0n) is 20.5. The SMILES string of the molecule is CCC(C)C(NC(=O)C(NC(=O)C(CCCCN)NC(=O)C(N)CCC(=O)O)C(C)C)C(=O)O. The Morgan fingerprint density at radius 2 is 1.41 bits per heavy atom. The van der Waals surface area contributed by atoms with E-state index >= 15 is 0 Å². The molecule has 0 aliphatic carbocycles. The van der Waals surface area contributed by atoms with Crippen molar-refractivity contribution < 1.29 is 34.2 Å². The first-order chi connectivity index (χ1) is 15.8. The summed E-state index contributed by atoms with van der Waals surface area (Å²) < 4.78 is 0. The number of nitrogens with two attached hydrogens (primary N) is 2. The summed E-state index contributed by atoms with van der Waals surface area (Å²) >= 11 is 0. The van der Waals surface area contributed by atoms with Crippen LogP contribution >= 0.6 is 0 Å². The highest BCUT2D eigenvalue weighted by molar-refractivity contribution is 5.94. The predicted octanol–water partition coefficient (Wildman–Crippen LogP) is -0.451. The largest absolute Gasteiger partial charge is 0.481 e. The van der Waals surface area contributed by atoms with E-state index < -0.39 is 53.8 Å². The summed E-state index contributed by atoms with van der Waals surface area (Å²) in [4.78, 5) is 60.6. The Bertz CT molecular complexity index is 701. The van der Waals surface area contributed by atoms with Crippen molar-refractivity contribution in [3.05, 3.63) is 0 Å². The summed E-state index contributed by atoms with van der Waals surface area (Å²) in [7, 11) is 0. The number of carbonyl (C=O) groups is 5. The molecule has 34 heavy (non-hydrogen) atoms. The highest BCUT2D eigenvalue weighted by Gasteiger charge is 2.33. The van der Waals surface area contributed by atoms with E-state index in [2.05, 4.69) is 16.0 Å². The number of rotatable bonds is 17. The Balaban J connectivity index is 5.45. The molecule has 0 bridgehead atoms. The van der Waals surface area contributed by atoms with E-state index in [1.807, 2.05) is 6.92 Å². The molecule has 0 rings (SSSR count). The van der Waals surface area contributed by atoms with Crippen LogP contribution in [0.4, 0.5) is 0 Å². The molecule has 0 aromatic heterocycles. The lowest BCUT2D eigenvalue weighted by Gasteiger charge is -2.28. The van der Waals surface area contributed by atoms with Crippen molar-refractivity contribution in [1.29, 1.82) is 0 Å². The maximum atomic E-state index is 13.0. The highest BCUT2D eigenvalue weighted by atomic mass is 16.4. The summed E-state index contributed by atoms with van der Waals surface area (Å²) in [6.07, 6.45) is 1.50. The van der Waals surface area contributed by atoms with Gasteiger partial charge < -0.3 is 37.6 Å². The van der Waals surface area contributed by atoms with Crippen molar-refractivity contribution in [2.24, 2.45) is 23.3 Å². The van der Waals surface area contributed by atoms with Crippen molar-refractivity contribution >= 4 is 29.7 Å². The van der Waals surface area contributed by atoms with E-state index in [1.54, 1.807) is 20.8 Å². The predicted molar refractivity (Wildman–Crippen MR) is 125 cm³/mol. The Labute approximate surface area is 200 Å². The van der Waals surface area contributed by atoms with Gasteiger partial charge in [0.15, 0.2) is 0 Å². The zero-order valence-corrected chi connectivity index (χ0v) is 20.5. The Morgan fingerprint density at radius 3 is 1.88 bits per heavy atom. The minimum Gasteiger partial charge on any atom is -0.481 e. The molecule has 0 aromatic rings. The average Bonchev–Trinajstić information content (AvgIpc) is 2.77. The maximum Gasteiger partial charge on any atom is 0.326 e. The number of nitrogens with one attached hydrogen (secondary N) is 3. The minimum absolute atomic E-state index is 0.0957. The van der Waals surface area contributed by atoms with Crippen LogP contribution in [0.3, 0.4) is 0 Å². The van der Waals surface area contributed by atoms with E-state index in [-0.39, 0.29) is 31.1 Å². The Hall–Kier alpha value is -2.73. The molecule has 0 heterocycles. The van der Waals surface area contributed by atoms with E-state index in [4.69, 9.17) is 16.6 Å². The second-order valence-electron chi connectivity index (χ2n) is 8.82. The fourth-order valence-electron chi connectivity index (χ4n) is 3.17.